The number of hydrogen-bond donors (Lipinski definition) is 2. The number of halogens is 1. The van der Waals surface area contributed by atoms with Gasteiger partial charge in [-0.3, -0.25) is 4.79 Å². The number of anilines is 1. The summed E-state index contributed by atoms with van der Waals surface area (Å²) in [5.74, 6) is 0.328. The third-order valence-electron chi connectivity index (χ3n) is 2.28. The summed E-state index contributed by atoms with van der Waals surface area (Å²) < 4.78 is 4.98. The Kier molecular flexibility index (Phi) is 3.53. The smallest absolute Gasteiger partial charge is 0.251 e. The zero-order chi connectivity index (χ0) is 13.1. The van der Waals surface area contributed by atoms with Gasteiger partial charge >= 0.3 is 0 Å². The summed E-state index contributed by atoms with van der Waals surface area (Å²) in [6.07, 6.45) is 0. The first-order valence-corrected chi connectivity index (χ1v) is 5.69. The van der Waals surface area contributed by atoms with Crippen molar-refractivity contribution in [3.63, 3.8) is 0 Å². The average Bonchev–Trinajstić information content (AvgIpc) is 2.70. The minimum Gasteiger partial charge on any atom is -0.399 e. The van der Waals surface area contributed by atoms with Crippen LogP contribution in [0.1, 0.15) is 21.8 Å². The Balaban J connectivity index is 2.03. The molecule has 3 N–H and O–H groups in total. The van der Waals surface area contributed by atoms with Crippen LogP contribution >= 0.6 is 11.6 Å². The number of carbonyl (C=O) groups excluding carboxylic acids is 1. The predicted molar refractivity (Wildman–Crippen MR) is 68.3 cm³/mol. The lowest BCUT2D eigenvalue weighted by molar-refractivity contribution is 0.0947. The Morgan fingerprint density at radius 3 is 2.83 bits per heavy atom. The Morgan fingerprint density at radius 1 is 1.44 bits per heavy atom. The molecule has 1 amide bonds. The molecule has 0 saturated carbocycles. The van der Waals surface area contributed by atoms with E-state index in [1.807, 2.05) is 6.92 Å². The van der Waals surface area contributed by atoms with Crippen LogP contribution in [-0.2, 0) is 6.54 Å². The van der Waals surface area contributed by atoms with Gasteiger partial charge in [0.25, 0.3) is 5.91 Å². The highest BCUT2D eigenvalue weighted by molar-refractivity contribution is 6.31. The number of carbonyl (C=O) groups is 1. The number of hydrogen-bond acceptors (Lipinski definition) is 4. The Hall–Kier alpha value is -2.01. The monoisotopic (exact) mass is 265 g/mol. The number of nitrogens with one attached hydrogen (secondary N) is 1. The number of nitrogens with zero attached hydrogens (tertiary/aromatic N) is 1. The van der Waals surface area contributed by atoms with Crippen LogP contribution in [0.4, 0.5) is 5.69 Å². The minimum atomic E-state index is -0.266. The van der Waals surface area contributed by atoms with E-state index in [2.05, 4.69) is 10.5 Å². The molecule has 2 aromatic rings. The van der Waals surface area contributed by atoms with E-state index in [1.165, 1.54) is 0 Å². The predicted octanol–water partition coefficient (Wildman–Crippen LogP) is 2.15. The lowest BCUT2D eigenvalue weighted by Crippen LogP contribution is -2.22. The molecule has 0 aliphatic carbocycles. The molecule has 0 saturated heterocycles. The highest BCUT2D eigenvalue weighted by Gasteiger charge is 2.08. The molecule has 0 spiro atoms. The van der Waals surface area contributed by atoms with Crippen molar-refractivity contribution in [3.05, 3.63) is 46.3 Å². The van der Waals surface area contributed by atoms with E-state index in [0.29, 0.717) is 22.0 Å². The van der Waals surface area contributed by atoms with Crippen molar-refractivity contribution in [2.45, 2.75) is 13.5 Å². The SMILES string of the molecule is Cc1cc(CNC(=O)c2cc(N)cc(Cl)c2)on1. The van der Waals surface area contributed by atoms with Gasteiger partial charge in [-0.15, -0.1) is 0 Å². The van der Waals surface area contributed by atoms with E-state index >= 15 is 0 Å². The fourth-order valence-corrected chi connectivity index (χ4v) is 1.76. The molecule has 0 atom stereocenters. The molecule has 5 nitrogen and oxygen atoms in total. The number of nitrogens with two attached hydrogens (primary N) is 1. The van der Waals surface area contributed by atoms with Crippen molar-refractivity contribution in [2.75, 3.05) is 5.73 Å². The van der Waals surface area contributed by atoms with Gasteiger partial charge in [0.1, 0.15) is 0 Å². The molecule has 1 aromatic carbocycles. The van der Waals surface area contributed by atoms with Crippen LogP contribution in [-0.4, -0.2) is 11.1 Å². The van der Waals surface area contributed by atoms with Crippen molar-refractivity contribution in [3.8, 4) is 0 Å². The largest absolute Gasteiger partial charge is 0.399 e. The summed E-state index contributed by atoms with van der Waals surface area (Å²) >= 11 is 5.83. The van der Waals surface area contributed by atoms with Gasteiger partial charge in [0.15, 0.2) is 5.76 Å². The number of rotatable bonds is 3. The van der Waals surface area contributed by atoms with Gasteiger partial charge in [-0.1, -0.05) is 16.8 Å². The van der Waals surface area contributed by atoms with Crippen molar-refractivity contribution in [1.82, 2.24) is 10.5 Å². The third-order valence-corrected chi connectivity index (χ3v) is 2.50. The summed E-state index contributed by atoms with van der Waals surface area (Å²) in [5, 5.41) is 6.85. The Morgan fingerprint density at radius 2 is 2.22 bits per heavy atom. The molecular formula is C12H12ClN3O2. The van der Waals surface area contributed by atoms with Crippen molar-refractivity contribution in [1.29, 1.82) is 0 Å². The second-order valence-electron chi connectivity index (χ2n) is 3.89. The van der Waals surface area contributed by atoms with Gasteiger partial charge in [-0.2, -0.15) is 0 Å². The summed E-state index contributed by atoms with van der Waals surface area (Å²) in [5.41, 5.74) is 7.25. The van der Waals surface area contributed by atoms with E-state index < -0.39 is 0 Å². The molecule has 1 heterocycles. The Bertz CT molecular complexity index is 560. The first-order chi connectivity index (χ1) is 8.54. The number of aromatic nitrogens is 1. The number of aryl methyl sites for hydroxylation is 1. The van der Waals surface area contributed by atoms with Gasteiger partial charge in [-0.05, 0) is 25.1 Å². The maximum absolute atomic E-state index is 11.8. The molecule has 2 rings (SSSR count). The molecule has 6 heteroatoms. The topological polar surface area (TPSA) is 81.2 Å². The molecule has 0 unspecified atom stereocenters. The maximum atomic E-state index is 11.8. The van der Waals surface area contributed by atoms with Crippen LogP contribution in [0.2, 0.25) is 5.02 Å². The quantitative estimate of drug-likeness (QED) is 0.833. The molecule has 0 bridgehead atoms. The fourth-order valence-electron chi connectivity index (χ4n) is 1.51. The van der Waals surface area contributed by atoms with Gasteiger partial charge in [0.2, 0.25) is 0 Å². The molecule has 0 radical (unpaired) electrons. The minimum absolute atomic E-state index is 0.266. The summed E-state index contributed by atoms with van der Waals surface area (Å²) in [6, 6.07) is 6.45. The molecule has 0 aliphatic rings. The van der Waals surface area contributed by atoms with Crippen molar-refractivity contribution in [2.24, 2.45) is 0 Å². The van der Waals surface area contributed by atoms with Gasteiger partial charge in [0.05, 0.1) is 12.2 Å². The van der Waals surface area contributed by atoms with Gasteiger partial charge in [-0.25, -0.2) is 0 Å². The molecule has 1 aromatic heterocycles. The van der Waals surface area contributed by atoms with Gasteiger partial charge < -0.3 is 15.6 Å². The number of amides is 1. The molecule has 0 aliphatic heterocycles. The van der Waals surface area contributed by atoms with Crippen LogP contribution in [0.5, 0.6) is 0 Å². The normalized spacial score (nSPS) is 10.3. The molecule has 94 valence electrons. The number of nitrogen functional groups attached to an aromatic ring is 1. The third kappa shape index (κ3) is 3.01. The lowest BCUT2D eigenvalue weighted by Gasteiger charge is -2.04. The van der Waals surface area contributed by atoms with E-state index in [-0.39, 0.29) is 12.5 Å². The fraction of sp³-hybridized carbons (Fsp3) is 0.167. The maximum Gasteiger partial charge on any atom is 0.251 e. The zero-order valence-electron chi connectivity index (χ0n) is 9.74. The van der Waals surface area contributed by atoms with E-state index in [4.69, 9.17) is 21.9 Å². The Labute approximate surface area is 109 Å². The first kappa shape index (κ1) is 12.4. The highest BCUT2D eigenvalue weighted by Crippen LogP contribution is 2.16. The van der Waals surface area contributed by atoms with Crippen LogP contribution in [0.3, 0.4) is 0 Å². The van der Waals surface area contributed by atoms with Crippen molar-refractivity contribution >= 4 is 23.2 Å². The highest BCUT2D eigenvalue weighted by atomic mass is 35.5. The van der Waals surface area contributed by atoms with E-state index in [0.717, 1.165) is 5.69 Å². The van der Waals surface area contributed by atoms with Crippen LogP contribution in [0, 0.1) is 6.92 Å². The first-order valence-electron chi connectivity index (χ1n) is 5.31. The van der Waals surface area contributed by atoms with Crippen LogP contribution < -0.4 is 11.1 Å². The summed E-state index contributed by atoms with van der Waals surface area (Å²) in [4.78, 5) is 11.8. The number of benzene rings is 1. The van der Waals surface area contributed by atoms with Crippen LogP contribution in [0.15, 0.2) is 28.8 Å². The summed E-state index contributed by atoms with van der Waals surface area (Å²) in [7, 11) is 0. The zero-order valence-corrected chi connectivity index (χ0v) is 10.5. The van der Waals surface area contributed by atoms with Gasteiger partial charge in [0, 0.05) is 22.3 Å². The van der Waals surface area contributed by atoms with E-state index in [9.17, 15) is 4.79 Å². The van der Waals surface area contributed by atoms with E-state index in [1.54, 1.807) is 24.3 Å². The standard InChI is InChI=1S/C12H12ClN3O2/c1-7-2-11(18-16-7)6-15-12(17)8-3-9(13)5-10(14)4-8/h2-5H,6,14H2,1H3,(H,15,17). The molecular weight excluding hydrogens is 254 g/mol. The lowest BCUT2D eigenvalue weighted by atomic mass is 10.2. The second kappa shape index (κ2) is 5.10. The van der Waals surface area contributed by atoms with Crippen molar-refractivity contribution < 1.29 is 9.32 Å². The van der Waals surface area contributed by atoms with Crippen LogP contribution in [0.25, 0.3) is 0 Å². The summed E-state index contributed by atoms with van der Waals surface area (Å²) in [6.45, 7) is 2.08. The molecule has 18 heavy (non-hydrogen) atoms. The average molecular weight is 266 g/mol. The molecule has 0 fully saturated rings. The second-order valence-corrected chi connectivity index (χ2v) is 4.33.